The number of aliphatic hydroxyl groups excluding tert-OH is 7. The van der Waals surface area contributed by atoms with Gasteiger partial charge in [-0.2, -0.15) is 0 Å². The largest absolute Gasteiger partial charge is 0.433 e. The molecule has 0 aliphatic rings. The van der Waals surface area contributed by atoms with Gasteiger partial charge in [0.25, 0.3) is 0 Å². The number of hydrogen-bond donors (Lipinski definition) is 8. The molecule has 0 rings (SSSR count). The summed E-state index contributed by atoms with van der Waals surface area (Å²) in [6.07, 6.45) is -11.8. The summed E-state index contributed by atoms with van der Waals surface area (Å²) >= 11 is 0. The molecule has 10 heteroatoms. The summed E-state index contributed by atoms with van der Waals surface area (Å²) in [5.41, 5.74) is 5.05. The quantitative estimate of drug-likeness (QED) is 0.151. The number of carbonyl (C=O) groups excluding carboxylic acids is 1. The maximum Gasteiger partial charge on any atom is 0.310 e. The van der Waals surface area contributed by atoms with Gasteiger partial charge in [-0.3, -0.25) is 4.79 Å². The molecule has 120 valence electrons. The molecule has 9 N–H and O–H groups in total. The molecule has 0 bridgehead atoms. The van der Waals surface area contributed by atoms with Crippen LogP contribution >= 0.6 is 0 Å². The Balaban J connectivity index is 4.39. The maximum absolute atomic E-state index is 11.2. The van der Waals surface area contributed by atoms with Crippen LogP contribution in [0.4, 0.5) is 0 Å². The Morgan fingerprint density at radius 1 is 1.00 bits per heavy atom. The van der Waals surface area contributed by atoms with E-state index >= 15 is 0 Å². The molecule has 0 amide bonds. The fraction of sp³-hybridized carbons (Fsp3) is 0.900. The van der Waals surface area contributed by atoms with Gasteiger partial charge in [-0.1, -0.05) is 0 Å². The van der Waals surface area contributed by atoms with Crippen LogP contribution in [0.5, 0.6) is 0 Å². The minimum Gasteiger partial charge on any atom is -0.433 e. The zero-order valence-corrected chi connectivity index (χ0v) is 10.6. The van der Waals surface area contributed by atoms with E-state index in [1.165, 1.54) is 0 Å². The van der Waals surface area contributed by atoms with Crippen LogP contribution in [0.3, 0.4) is 0 Å². The van der Waals surface area contributed by atoms with Crippen LogP contribution in [0.15, 0.2) is 0 Å². The lowest BCUT2D eigenvalue weighted by atomic mass is 10.0. The predicted octanol–water partition coefficient (Wildman–Crippen LogP) is -5.01. The highest BCUT2D eigenvalue weighted by molar-refractivity contribution is 5.70. The summed E-state index contributed by atoms with van der Waals surface area (Å²) < 4.78 is 4.31. The van der Waals surface area contributed by atoms with E-state index in [0.717, 1.165) is 0 Å². The monoisotopic (exact) mass is 299 g/mol. The number of aliphatic hydroxyl groups is 7. The molecule has 0 aromatic rings. The van der Waals surface area contributed by atoms with Crippen LogP contribution in [-0.2, 0) is 9.53 Å². The van der Waals surface area contributed by atoms with Crippen LogP contribution in [0.2, 0.25) is 0 Å². The van der Waals surface area contributed by atoms with E-state index < -0.39 is 55.8 Å². The molecule has 0 saturated heterocycles. The standard InChI is InChI=1S/C10H21NO9/c11-2-4(13)1-6(15)20-10(19)9(18)8(17)7(16)5(14)3-12/h4-5,7-10,12-14,16-19H,1-3,11H2/t4?,5-,7-,8+,9-,10?/m1/s1. The SMILES string of the molecule is NCC(O)CC(=O)OC(O)[C@H](O)[C@@H](O)[C@H](O)[C@H](O)CO. The number of esters is 1. The first-order chi connectivity index (χ1) is 9.24. The summed E-state index contributed by atoms with van der Waals surface area (Å²) in [6.45, 7) is -1.10. The first kappa shape index (κ1) is 19.1. The van der Waals surface area contributed by atoms with Crippen molar-refractivity contribution in [3.63, 3.8) is 0 Å². The average Bonchev–Trinajstić information content (AvgIpc) is 2.43. The Hall–Kier alpha value is -0.850. The van der Waals surface area contributed by atoms with Crippen LogP contribution in [0.1, 0.15) is 6.42 Å². The fourth-order valence-electron chi connectivity index (χ4n) is 1.23. The van der Waals surface area contributed by atoms with Gasteiger partial charge in [-0.25, -0.2) is 0 Å². The van der Waals surface area contributed by atoms with Gasteiger partial charge in [-0.05, 0) is 0 Å². The van der Waals surface area contributed by atoms with Gasteiger partial charge in [0.15, 0.2) is 0 Å². The van der Waals surface area contributed by atoms with Gasteiger partial charge in [0.1, 0.15) is 24.4 Å². The van der Waals surface area contributed by atoms with E-state index in [0.29, 0.717) is 0 Å². The number of ether oxygens (including phenoxy) is 1. The van der Waals surface area contributed by atoms with Crippen LogP contribution in [0.25, 0.3) is 0 Å². The van der Waals surface area contributed by atoms with Crippen molar-refractivity contribution in [1.29, 1.82) is 0 Å². The summed E-state index contributed by atoms with van der Waals surface area (Å²) in [5, 5.41) is 64.1. The van der Waals surface area contributed by atoms with Crippen LogP contribution < -0.4 is 5.73 Å². The third-order valence-electron chi connectivity index (χ3n) is 2.50. The van der Waals surface area contributed by atoms with E-state index in [1.807, 2.05) is 0 Å². The topological polar surface area (TPSA) is 194 Å². The lowest BCUT2D eigenvalue weighted by Crippen LogP contribution is -2.51. The molecule has 2 unspecified atom stereocenters. The second-order valence-corrected chi connectivity index (χ2v) is 4.20. The second kappa shape index (κ2) is 9.15. The minimum atomic E-state index is -2.19. The molecule has 10 nitrogen and oxygen atoms in total. The first-order valence-corrected chi connectivity index (χ1v) is 5.83. The van der Waals surface area contributed by atoms with Crippen molar-refractivity contribution in [1.82, 2.24) is 0 Å². The summed E-state index contributed by atoms with van der Waals surface area (Å²) in [5.74, 6) is -1.08. The van der Waals surface area contributed by atoms with Crippen molar-refractivity contribution >= 4 is 5.97 Å². The number of nitrogens with two attached hydrogens (primary N) is 1. The molecular formula is C10H21NO9. The summed E-state index contributed by atoms with van der Waals surface area (Å²) in [6, 6.07) is 0. The van der Waals surface area contributed by atoms with Crippen molar-refractivity contribution < 1.29 is 45.3 Å². The molecular weight excluding hydrogens is 278 g/mol. The maximum atomic E-state index is 11.2. The van der Waals surface area contributed by atoms with Gasteiger partial charge in [-0.15, -0.1) is 0 Å². The molecule has 0 fully saturated rings. The highest BCUT2D eigenvalue weighted by Gasteiger charge is 2.35. The fourth-order valence-corrected chi connectivity index (χ4v) is 1.23. The van der Waals surface area contributed by atoms with E-state index in [2.05, 4.69) is 4.74 Å². The van der Waals surface area contributed by atoms with Gasteiger partial charge >= 0.3 is 5.97 Å². The lowest BCUT2D eigenvalue weighted by molar-refractivity contribution is -0.214. The molecule has 0 aromatic carbocycles. The van der Waals surface area contributed by atoms with E-state index in [1.54, 1.807) is 0 Å². The molecule has 20 heavy (non-hydrogen) atoms. The Morgan fingerprint density at radius 2 is 1.55 bits per heavy atom. The molecule has 0 aromatic heterocycles. The van der Waals surface area contributed by atoms with Gasteiger partial charge in [0.2, 0.25) is 6.29 Å². The van der Waals surface area contributed by atoms with Crippen molar-refractivity contribution in [2.24, 2.45) is 5.73 Å². The first-order valence-electron chi connectivity index (χ1n) is 5.83. The molecule has 6 atom stereocenters. The number of hydrogen-bond acceptors (Lipinski definition) is 10. The van der Waals surface area contributed by atoms with E-state index in [4.69, 9.17) is 21.1 Å². The molecule has 0 heterocycles. The lowest BCUT2D eigenvalue weighted by Gasteiger charge is -2.28. The van der Waals surface area contributed by atoms with Gasteiger partial charge in [0.05, 0.1) is 19.1 Å². The minimum absolute atomic E-state index is 0.211. The number of carbonyl (C=O) groups is 1. The predicted molar refractivity (Wildman–Crippen MR) is 62.9 cm³/mol. The van der Waals surface area contributed by atoms with Gasteiger partial charge < -0.3 is 46.2 Å². The van der Waals surface area contributed by atoms with Crippen molar-refractivity contribution in [2.75, 3.05) is 13.2 Å². The molecule has 0 aliphatic carbocycles. The van der Waals surface area contributed by atoms with Gasteiger partial charge in [0, 0.05) is 6.54 Å². The van der Waals surface area contributed by atoms with Crippen molar-refractivity contribution in [3.8, 4) is 0 Å². The van der Waals surface area contributed by atoms with Crippen molar-refractivity contribution in [2.45, 2.75) is 43.2 Å². The van der Waals surface area contributed by atoms with E-state index in [9.17, 15) is 25.2 Å². The Morgan fingerprint density at radius 3 is 2.00 bits per heavy atom. The van der Waals surface area contributed by atoms with Crippen molar-refractivity contribution in [3.05, 3.63) is 0 Å². The van der Waals surface area contributed by atoms with Crippen LogP contribution in [-0.4, -0.2) is 91.7 Å². The highest BCUT2D eigenvalue weighted by atomic mass is 16.6. The molecule has 0 radical (unpaired) electrons. The Bertz CT molecular complexity index is 290. The smallest absolute Gasteiger partial charge is 0.310 e. The van der Waals surface area contributed by atoms with E-state index in [-0.39, 0.29) is 6.54 Å². The third-order valence-corrected chi connectivity index (χ3v) is 2.50. The molecule has 0 spiro atoms. The zero-order valence-electron chi connectivity index (χ0n) is 10.6. The van der Waals surface area contributed by atoms with Crippen LogP contribution in [0, 0.1) is 0 Å². The second-order valence-electron chi connectivity index (χ2n) is 4.20. The molecule has 0 saturated carbocycles. The third kappa shape index (κ3) is 6.07. The Labute approximate surface area is 114 Å². The summed E-state index contributed by atoms with van der Waals surface area (Å²) in [7, 11) is 0. The highest BCUT2D eigenvalue weighted by Crippen LogP contribution is 2.10. The number of rotatable bonds is 9. The Kier molecular flexibility index (Phi) is 8.76. The molecule has 0 aliphatic heterocycles. The summed E-state index contributed by atoms with van der Waals surface area (Å²) in [4.78, 5) is 11.2. The zero-order chi connectivity index (χ0) is 15.9. The normalized spacial score (nSPS) is 20.6. The average molecular weight is 299 g/mol.